The van der Waals surface area contributed by atoms with Crippen molar-refractivity contribution >= 4 is 5.69 Å². The highest BCUT2D eigenvalue weighted by Gasteiger charge is 2.15. The number of aromatic amines is 1. The molecule has 0 fully saturated rings. The second-order valence-corrected chi connectivity index (χ2v) is 3.58. The molecule has 1 aromatic rings. The summed E-state index contributed by atoms with van der Waals surface area (Å²) < 4.78 is 6.56. The number of nitrogens with zero attached hydrogens (tertiary/aromatic N) is 1. The predicted octanol–water partition coefficient (Wildman–Crippen LogP) is 1.27. The number of aromatic nitrogens is 2. The van der Waals surface area contributed by atoms with Crippen molar-refractivity contribution in [3.8, 4) is 0 Å². The Hall–Kier alpha value is -1.23. The molecule has 0 saturated heterocycles. The molecule has 15 heavy (non-hydrogen) atoms. The Morgan fingerprint density at radius 2 is 2.07 bits per heavy atom. The van der Waals surface area contributed by atoms with Gasteiger partial charge in [0.15, 0.2) is 0 Å². The van der Waals surface area contributed by atoms with E-state index in [9.17, 15) is 4.79 Å². The van der Waals surface area contributed by atoms with Gasteiger partial charge in [-0.25, -0.2) is 4.68 Å². The van der Waals surface area contributed by atoms with Gasteiger partial charge in [0, 0.05) is 7.11 Å². The highest BCUT2D eigenvalue weighted by atomic mass is 16.5. The third-order valence-electron chi connectivity index (χ3n) is 2.63. The molecule has 5 nitrogen and oxygen atoms in total. The molecule has 0 unspecified atom stereocenters. The van der Waals surface area contributed by atoms with Crippen molar-refractivity contribution in [2.45, 2.75) is 39.3 Å². The minimum atomic E-state index is -0.143. The molecular weight excluding hydrogens is 194 g/mol. The van der Waals surface area contributed by atoms with Crippen LogP contribution in [0.1, 0.15) is 38.4 Å². The van der Waals surface area contributed by atoms with Gasteiger partial charge in [0.25, 0.3) is 5.56 Å². The molecule has 0 radical (unpaired) electrons. The lowest BCUT2D eigenvalue weighted by molar-refractivity contribution is 0.180. The first-order valence-electron chi connectivity index (χ1n) is 5.23. The van der Waals surface area contributed by atoms with Crippen LogP contribution >= 0.6 is 0 Å². The van der Waals surface area contributed by atoms with Gasteiger partial charge in [-0.15, -0.1) is 0 Å². The maximum atomic E-state index is 11.8. The van der Waals surface area contributed by atoms with E-state index in [4.69, 9.17) is 10.5 Å². The zero-order chi connectivity index (χ0) is 11.4. The van der Waals surface area contributed by atoms with Gasteiger partial charge in [-0.05, 0) is 12.8 Å². The van der Waals surface area contributed by atoms with Crippen molar-refractivity contribution in [2.24, 2.45) is 0 Å². The van der Waals surface area contributed by atoms with Gasteiger partial charge in [-0.1, -0.05) is 13.8 Å². The van der Waals surface area contributed by atoms with Crippen molar-refractivity contribution in [3.63, 3.8) is 0 Å². The molecule has 86 valence electrons. The summed E-state index contributed by atoms with van der Waals surface area (Å²) in [6.45, 7) is 4.44. The van der Waals surface area contributed by atoms with E-state index in [1.807, 2.05) is 13.8 Å². The second-order valence-electron chi connectivity index (χ2n) is 3.58. The van der Waals surface area contributed by atoms with Gasteiger partial charge in [-0.2, -0.15) is 0 Å². The van der Waals surface area contributed by atoms with Crippen LogP contribution in [0.15, 0.2) is 4.79 Å². The number of anilines is 1. The van der Waals surface area contributed by atoms with Crippen LogP contribution in [0.3, 0.4) is 0 Å². The smallest absolute Gasteiger partial charge is 0.290 e. The molecule has 0 aliphatic heterocycles. The molecule has 0 aliphatic rings. The van der Waals surface area contributed by atoms with Crippen LogP contribution in [0.25, 0.3) is 0 Å². The first kappa shape index (κ1) is 11.8. The largest absolute Gasteiger partial charge is 0.393 e. The van der Waals surface area contributed by atoms with Crippen LogP contribution in [-0.4, -0.2) is 16.9 Å². The summed E-state index contributed by atoms with van der Waals surface area (Å²) >= 11 is 0. The van der Waals surface area contributed by atoms with Crippen LogP contribution < -0.4 is 11.3 Å². The highest BCUT2D eigenvalue weighted by Crippen LogP contribution is 2.14. The lowest BCUT2D eigenvalue weighted by Gasteiger charge is -2.12. The molecule has 0 spiro atoms. The van der Waals surface area contributed by atoms with E-state index in [2.05, 4.69) is 5.10 Å². The second kappa shape index (κ2) is 5.02. The summed E-state index contributed by atoms with van der Waals surface area (Å²) in [6.07, 6.45) is 1.81. The Morgan fingerprint density at radius 3 is 2.53 bits per heavy atom. The number of hydrogen-bond acceptors (Lipinski definition) is 3. The fraction of sp³-hybridized carbons (Fsp3) is 0.700. The zero-order valence-corrected chi connectivity index (χ0v) is 9.54. The van der Waals surface area contributed by atoms with Crippen LogP contribution in [0.5, 0.6) is 0 Å². The Kier molecular flexibility index (Phi) is 3.96. The molecule has 3 N–H and O–H groups in total. The molecule has 1 heterocycles. The Balaban J connectivity index is 3.09. The van der Waals surface area contributed by atoms with Crippen molar-refractivity contribution in [3.05, 3.63) is 16.0 Å². The van der Waals surface area contributed by atoms with E-state index in [1.165, 1.54) is 0 Å². The van der Waals surface area contributed by atoms with Crippen LogP contribution in [0, 0.1) is 0 Å². The van der Waals surface area contributed by atoms with Gasteiger partial charge in [0.2, 0.25) is 0 Å². The maximum absolute atomic E-state index is 11.8. The number of H-pyrrole nitrogens is 1. The van der Waals surface area contributed by atoms with Crippen molar-refractivity contribution in [1.29, 1.82) is 0 Å². The molecule has 0 aromatic carbocycles. The molecular formula is C10H19N3O2. The first-order valence-corrected chi connectivity index (χ1v) is 5.23. The van der Waals surface area contributed by atoms with E-state index in [0.717, 1.165) is 12.8 Å². The van der Waals surface area contributed by atoms with Crippen molar-refractivity contribution in [1.82, 2.24) is 9.78 Å². The molecule has 5 heteroatoms. The highest BCUT2D eigenvalue weighted by molar-refractivity contribution is 5.40. The normalized spacial score (nSPS) is 11.2. The molecule has 0 amide bonds. The van der Waals surface area contributed by atoms with Crippen LogP contribution in [0.2, 0.25) is 0 Å². The average Bonchev–Trinajstić information content (AvgIpc) is 2.50. The molecule has 1 aromatic heterocycles. The summed E-state index contributed by atoms with van der Waals surface area (Å²) in [5, 5.41) is 3.01. The van der Waals surface area contributed by atoms with Gasteiger partial charge in [0.05, 0.1) is 18.3 Å². The molecule has 0 bridgehead atoms. The molecule has 0 aliphatic carbocycles. The Morgan fingerprint density at radius 1 is 1.47 bits per heavy atom. The molecule has 1 rings (SSSR count). The number of ether oxygens (including phenoxy) is 1. The minimum Gasteiger partial charge on any atom is -0.393 e. The van der Waals surface area contributed by atoms with E-state index >= 15 is 0 Å². The maximum Gasteiger partial charge on any atom is 0.290 e. The van der Waals surface area contributed by atoms with E-state index < -0.39 is 0 Å². The van der Waals surface area contributed by atoms with E-state index in [0.29, 0.717) is 12.3 Å². The summed E-state index contributed by atoms with van der Waals surface area (Å²) in [7, 11) is 1.58. The fourth-order valence-corrected chi connectivity index (χ4v) is 1.68. The van der Waals surface area contributed by atoms with Gasteiger partial charge in [-0.3, -0.25) is 9.89 Å². The summed E-state index contributed by atoms with van der Waals surface area (Å²) in [6, 6.07) is 0.186. The summed E-state index contributed by atoms with van der Waals surface area (Å²) in [4.78, 5) is 11.8. The summed E-state index contributed by atoms with van der Waals surface area (Å²) in [5.41, 5.74) is 6.48. The summed E-state index contributed by atoms with van der Waals surface area (Å²) in [5.74, 6) is 0. The third kappa shape index (κ3) is 2.23. The number of nitrogens with one attached hydrogen (secondary N) is 1. The van der Waals surface area contributed by atoms with E-state index in [1.54, 1.807) is 11.8 Å². The quantitative estimate of drug-likeness (QED) is 0.773. The monoisotopic (exact) mass is 213 g/mol. The topological polar surface area (TPSA) is 73.0 Å². The van der Waals surface area contributed by atoms with Crippen molar-refractivity contribution < 1.29 is 4.74 Å². The number of hydrogen-bond donors (Lipinski definition) is 2. The average molecular weight is 213 g/mol. The van der Waals surface area contributed by atoms with Gasteiger partial charge < -0.3 is 10.5 Å². The minimum absolute atomic E-state index is 0.143. The number of rotatable bonds is 5. The molecule has 0 atom stereocenters. The standard InChI is InChI=1S/C10H19N3O2/c1-4-7(5-2)13-10(14)9(11)8(12-13)6-15-3/h7,12H,4-6,11H2,1-3H3. The lowest BCUT2D eigenvalue weighted by Crippen LogP contribution is -2.22. The van der Waals surface area contributed by atoms with Gasteiger partial charge >= 0.3 is 0 Å². The SMILES string of the molecule is CCC(CC)n1[nH]c(COC)c(N)c1=O. The molecule has 0 saturated carbocycles. The van der Waals surface area contributed by atoms with Crippen molar-refractivity contribution in [2.75, 3.05) is 12.8 Å². The number of nitrogen functional groups attached to an aromatic ring is 1. The first-order chi connectivity index (χ1) is 7.15. The number of methoxy groups -OCH3 is 1. The predicted molar refractivity (Wildman–Crippen MR) is 59.8 cm³/mol. The Labute approximate surface area is 89.2 Å². The third-order valence-corrected chi connectivity index (χ3v) is 2.63. The van der Waals surface area contributed by atoms with Crippen LogP contribution in [0.4, 0.5) is 5.69 Å². The lowest BCUT2D eigenvalue weighted by atomic mass is 10.2. The zero-order valence-electron chi connectivity index (χ0n) is 9.54. The van der Waals surface area contributed by atoms with Crippen LogP contribution in [-0.2, 0) is 11.3 Å². The van der Waals surface area contributed by atoms with E-state index in [-0.39, 0.29) is 17.3 Å². The Bertz CT molecular complexity index is 363. The van der Waals surface area contributed by atoms with Gasteiger partial charge in [0.1, 0.15) is 5.69 Å². The fourth-order valence-electron chi connectivity index (χ4n) is 1.68. The number of nitrogens with two attached hydrogens (primary N) is 1.